The van der Waals surface area contributed by atoms with E-state index in [9.17, 15) is 9.59 Å². The van der Waals surface area contributed by atoms with Crippen molar-refractivity contribution >= 4 is 11.8 Å². The minimum atomic E-state index is -0.438. The molecular formula is C19H24N4O2. The van der Waals surface area contributed by atoms with Crippen molar-refractivity contribution in [3.05, 3.63) is 52.3 Å². The number of H-pyrrole nitrogens is 1. The molecule has 2 amide bonds. The van der Waals surface area contributed by atoms with Crippen LogP contribution in [0, 0.1) is 13.8 Å². The van der Waals surface area contributed by atoms with Crippen molar-refractivity contribution in [2.24, 2.45) is 0 Å². The van der Waals surface area contributed by atoms with Gasteiger partial charge in [0.15, 0.2) is 0 Å². The molecule has 1 aliphatic heterocycles. The Bertz CT molecular complexity index is 777. The van der Waals surface area contributed by atoms with Gasteiger partial charge in [0.1, 0.15) is 6.04 Å². The predicted octanol–water partition coefficient (Wildman–Crippen LogP) is 2.12. The molecule has 25 heavy (non-hydrogen) atoms. The SMILES string of the molecule is CC[C@@H](C(=O)NCCc1c(C)n[nH]c1C)N1Cc2ccccc2C1=O. The fourth-order valence-corrected chi connectivity index (χ4v) is 3.45. The molecule has 1 aromatic heterocycles. The second-order valence-corrected chi connectivity index (χ2v) is 6.47. The zero-order valence-electron chi connectivity index (χ0n) is 14.9. The molecule has 2 heterocycles. The first-order valence-corrected chi connectivity index (χ1v) is 8.70. The lowest BCUT2D eigenvalue weighted by Gasteiger charge is -2.25. The van der Waals surface area contributed by atoms with E-state index in [-0.39, 0.29) is 11.8 Å². The van der Waals surface area contributed by atoms with Gasteiger partial charge in [-0.25, -0.2) is 0 Å². The van der Waals surface area contributed by atoms with Crippen LogP contribution in [0.4, 0.5) is 0 Å². The van der Waals surface area contributed by atoms with Crippen molar-refractivity contribution in [1.82, 2.24) is 20.4 Å². The molecule has 0 fully saturated rings. The van der Waals surface area contributed by atoms with Gasteiger partial charge in [0, 0.05) is 24.3 Å². The maximum absolute atomic E-state index is 12.6. The van der Waals surface area contributed by atoms with Gasteiger partial charge >= 0.3 is 0 Å². The van der Waals surface area contributed by atoms with E-state index in [0.29, 0.717) is 25.1 Å². The highest BCUT2D eigenvalue weighted by molar-refractivity contribution is 6.01. The number of carbonyl (C=O) groups is 2. The molecule has 0 spiro atoms. The first kappa shape index (κ1) is 17.2. The molecule has 0 saturated heterocycles. The third-order valence-electron chi connectivity index (χ3n) is 4.87. The highest BCUT2D eigenvalue weighted by Gasteiger charge is 2.34. The molecule has 0 radical (unpaired) electrons. The van der Waals surface area contributed by atoms with Crippen LogP contribution in [0.15, 0.2) is 24.3 Å². The molecule has 6 nitrogen and oxygen atoms in total. The summed E-state index contributed by atoms with van der Waals surface area (Å²) in [6.45, 7) is 6.90. The number of rotatable bonds is 6. The molecule has 0 unspecified atom stereocenters. The summed E-state index contributed by atoms with van der Waals surface area (Å²) in [6, 6.07) is 7.12. The Morgan fingerprint density at radius 1 is 1.36 bits per heavy atom. The van der Waals surface area contributed by atoms with Crippen molar-refractivity contribution in [1.29, 1.82) is 0 Å². The van der Waals surface area contributed by atoms with Crippen LogP contribution in [0.2, 0.25) is 0 Å². The van der Waals surface area contributed by atoms with E-state index in [1.54, 1.807) is 4.90 Å². The smallest absolute Gasteiger partial charge is 0.255 e. The molecule has 0 saturated carbocycles. The number of nitrogens with one attached hydrogen (secondary N) is 2. The summed E-state index contributed by atoms with van der Waals surface area (Å²) in [5.74, 6) is -0.151. The van der Waals surface area contributed by atoms with Gasteiger partial charge in [0.05, 0.1) is 5.69 Å². The van der Waals surface area contributed by atoms with Gasteiger partial charge in [-0.15, -0.1) is 0 Å². The molecule has 132 valence electrons. The molecule has 1 atom stereocenters. The molecule has 3 rings (SSSR count). The first-order chi connectivity index (χ1) is 12.0. The quantitative estimate of drug-likeness (QED) is 0.845. The summed E-state index contributed by atoms with van der Waals surface area (Å²) in [5, 5.41) is 10.1. The molecule has 0 aliphatic carbocycles. The van der Waals surface area contributed by atoms with E-state index in [1.165, 1.54) is 0 Å². The molecule has 1 aliphatic rings. The Hall–Kier alpha value is -2.63. The number of aryl methyl sites for hydroxylation is 2. The second-order valence-electron chi connectivity index (χ2n) is 6.47. The van der Waals surface area contributed by atoms with Crippen LogP contribution >= 0.6 is 0 Å². The van der Waals surface area contributed by atoms with Crippen molar-refractivity contribution < 1.29 is 9.59 Å². The first-order valence-electron chi connectivity index (χ1n) is 8.70. The minimum Gasteiger partial charge on any atom is -0.354 e. The van der Waals surface area contributed by atoms with E-state index in [1.807, 2.05) is 45.0 Å². The monoisotopic (exact) mass is 340 g/mol. The lowest BCUT2D eigenvalue weighted by molar-refractivity contribution is -0.125. The molecular weight excluding hydrogens is 316 g/mol. The Kier molecular flexibility index (Phi) is 4.88. The number of hydrogen-bond acceptors (Lipinski definition) is 3. The molecule has 0 bridgehead atoms. The standard InChI is InChI=1S/C19H24N4O2/c1-4-17(23-11-14-7-5-6-8-16(14)19(23)25)18(24)20-10-9-15-12(2)21-22-13(15)3/h5-8,17H,4,9-11H2,1-3H3,(H,20,24)(H,21,22)/t17-/m0/s1. The topological polar surface area (TPSA) is 78.1 Å². The van der Waals surface area contributed by atoms with Gasteiger partial charge in [-0.2, -0.15) is 5.10 Å². The summed E-state index contributed by atoms with van der Waals surface area (Å²) < 4.78 is 0. The average molecular weight is 340 g/mol. The second kappa shape index (κ2) is 7.09. The van der Waals surface area contributed by atoms with Crippen LogP contribution in [-0.4, -0.2) is 39.5 Å². The summed E-state index contributed by atoms with van der Waals surface area (Å²) in [7, 11) is 0. The third-order valence-corrected chi connectivity index (χ3v) is 4.87. The van der Waals surface area contributed by atoms with Crippen molar-refractivity contribution in [3.8, 4) is 0 Å². The Balaban J connectivity index is 1.62. The third kappa shape index (κ3) is 3.29. The molecule has 2 N–H and O–H groups in total. The summed E-state index contributed by atoms with van der Waals surface area (Å²) in [4.78, 5) is 26.9. The Labute approximate surface area is 147 Å². The van der Waals surface area contributed by atoms with Gasteiger partial charge in [0.25, 0.3) is 5.91 Å². The molecule has 6 heteroatoms. The highest BCUT2D eigenvalue weighted by Crippen LogP contribution is 2.25. The van der Waals surface area contributed by atoms with Crippen LogP contribution in [0.25, 0.3) is 0 Å². The number of fused-ring (bicyclic) bond motifs is 1. The summed E-state index contributed by atoms with van der Waals surface area (Å²) >= 11 is 0. The van der Waals surface area contributed by atoms with E-state index in [2.05, 4.69) is 15.5 Å². The van der Waals surface area contributed by atoms with Gasteiger partial charge in [-0.3, -0.25) is 14.7 Å². The minimum absolute atomic E-state index is 0.0564. The van der Waals surface area contributed by atoms with Crippen molar-refractivity contribution in [2.45, 2.75) is 46.2 Å². The molecule has 1 aromatic carbocycles. The number of carbonyl (C=O) groups excluding carboxylic acids is 2. The van der Waals surface area contributed by atoms with Gasteiger partial charge in [0.2, 0.25) is 5.91 Å². The highest BCUT2D eigenvalue weighted by atomic mass is 16.2. The Morgan fingerprint density at radius 2 is 2.12 bits per heavy atom. The summed E-state index contributed by atoms with van der Waals surface area (Å²) in [6.07, 6.45) is 1.32. The largest absolute Gasteiger partial charge is 0.354 e. The predicted molar refractivity (Wildman–Crippen MR) is 95.2 cm³/mol. The fraction of sp³-hybridized carbons (Fsp3) is 0.421. The number of aromatic nitrogens is 2. The van der Waals surface area contributed by atoms with E-state index in [4.69, 9.17) is 0 Å². The zero-order valence-corrected chi connectivity index (χ0v) is 14.9. The van der Waals surface area contributed by atoms with E-state index < -0.39 is 6.04 Å². The lowest BCUT2D eigenvalue weighted by Crippen LogP contribution is -2.47. The number of aromatic amines is 1. The van der Waals surface area contributed by atoms with Crippen LogP contribution < -0.4 is 5.32 Å². The lowest BCUT2D eigenvalue weighted by atomic mass is 10.1. The normalized spacial score (nSPS) is 14.5. The van der Waals surface area contributed by atoms with Crippen molar-refractivity contribution in [2.75, 3.05) is 6.54 Å². The van der Waals surface area contributed by atoms with Crippen LogP contribution in [0.5, 0.6) is 0 Å². The van der Waals surface area contributed by atoms with Crippen molar-refractivity contribution in [3.63, 3.8) is 0 Å². The maximum atomic E-state index is 12.6. The van der Waals surface area contributed by atoms with Gasteiger partial charge < -0.3 is 10.2 Å². The van der Waals surface area contributed by atoms with Gasteiger partial charge in [-0.05, 0) is 43.9 Å². The van der Waals surface area contributed by atoms with Crippen LogP contribution in [0.3, 0.4) is 0 Å². The number of hydrogen-bond donors (Lipinski definition) is 2. The zero-order chi connectivity index (χ0) is 18.0. The fourth-order valence-electron chi connectivity index (χ4n) is 3.45. The van der Waals surface area contributed by atoms with Crippen LogP contribution in [-0.2, 0) is 17.8 Å². The Morgan fingerprint density at radius 3 is 2.76 bits per heavy atom. The molecule has 2 aromatic rings. The number of nitrogens with zero attached hydrogens (tertiary/aromatic N) is 2. The number of amides is 2. The maximum Gasteiger partial charge on any atom is 0.255 e. The van der Waals surface area contributed by atoms with Gasteiger partial charge in [-0.1, -0.05) is 25.1 Å². The van der Waals surface area contributed by atoms with E-state index >= 15 is 0 Å². The average Bonchev–Trinajstić information content (AvgIpc) is 3.10. The number of benzene rings is 1. The van der Waals surface area contributed by atoms with E-state index in [0.717, 1.165) is 28.9 Å². The van der Waals surface area contributed by atoms with Crippen LogP contribution in [0.1, 0.15) is 46.2 Å². The summed E-state index contributed by atoms with van der Waals surface area (Å²) in [5.41, 5.74) is 4.83.